The Labute approximate surface area is 151 Å². The van der Waals surface area contributed by atoms with Crippen LogP contribution in [-0.4, -0.2) is 45.3 Å². The lowest BCUT2D eigenvalue weighted by atomic mass is 10.1. The van der Waals surface area contributed by atoms with E-state index in [0.717, 1.165) is 23.9 Å². The minimum atomic E-state index is 0.0486. The number of benzene rings is 1. The van der Waals surface area contributed by atoms with Crippen molar-refractivity contribution in [2.75, 3.05) is 29.4 Å². The molecule has 7 heteroatoms. The van der Waals surface area contributed by atoms with Gasteiger partial charge in [0.05, 0.1) is 18.4 Å². The van der Waals surface area contributed by atoms with Crippen LogP contribution in [0.15, 0.2) is 55.0 Å². The maximum Gasteiger partial charge on any atom is 0.246 e. The molecular weight excluding hydrogens is 328 g/mol. The molecule has 1 saturated heterocycles. The monoisotopic (exact) mass is 348 g/mol. The van der Waals surface area contributed by atoms with Crippen molar-refractivity contribution in [2.45, 2.75) is 6.42 Å². The number of nitrogens with zero attached hydrogens (tertiary/aromatic N) is 6. The Hall–Kier alpha value is -3.22. The number of carbonyl (C=O) groups excluding carboxylic acids is 1. The molecule has 26 heavy (non-hydrogen) atoms. The molecule has 0 unspecified atom stereocenters. The van der Waals surface area contributed by atoms with Crippen LogP contribution >= 0.6 is 0 Å². The van der Waals surface area contributed by atoms with E-state index in [4.69, 9.17) is 0 Å². The third kappa shape index (κ3) is 3.42. The third-order valence-corrected chi connectivity index (χ3v) is 4.44. The van der Waals surface area contributed by atoms with Gasteiger partial charge in [-0.1, -0.05) is 30.3 Å². The van der Waals surface area contributed by atoms with Crippen molar-refractivity contribution < 1.29 is 4.79 Å². The summed E-state index contributed by atoms with van der Waals surface area (Å²) in [5, 5.41) is 4.14. The van der Waals surface area contributed by atoms with Crippen LogP contribution in [0.3, 0.4) is 0 Å². The largest absolute Gasteiger partial charge is 0.345 e. The molecule has 0 radical (unpaired) electrons. The average molecular weight is 348 g/mol. The molecule has 3 aromatic rings. The first-order valence-electron chi connectivity index (χ1n) is 8.59. The van der Waals surface area contributed by atoms with Gasteiger partial charge >= 0.3 is 0 Å². The minimum Gasteiger partial charge on any atom is -0.345 e. The fourth-order valence-electron chi connectivity index (χ4n) is 3.12. The molecule has 1 fully saturated rings. The summed E-state index contributed by atoms with van der Waals surface area (Å²) in [6.45, 7) is 1.64. The van der Waals surface area contributed by atoms with Crippen molar-refractivity contribution in [3.05, 3.63) is 66.4 Å². The predicted octanol–water partition coefficient (Wildman–Crippen LogP) is 1.65. The molecule has 2 aromatic heterocycles. The van der Waals surface area contributed by atoms with Gasteiger partial charge in [-0.3, -0.25) is 9.48 Å². The van der Waals surface area contributed by atoms with E-state index in [1.54, 1.807) is 22.0 Å². The van der Waals surface area contributed by atoms with Crippen molar-refractivity contribution >= 4 is 17.4 Å². The number of aryl methyl sites for hydroxylation is 1. The molecule has 1 aromatic carbocycles. The van der Waals surface area contributed by atoms with Crippen molar-refractivity contribution in [2.24, 2.45) is 7.05 Å². The van der Waals surface area contributed by atoms with Crippen molar-refractivity contribution in [1.29, 1.82) is 0 Å². The van der Waals surface area contributed by atoms with Crippen LogP contribution in [0.4, 0.5) is 11.5 Å². The number of amides is 1. The fourth-order valence-corrected chi connectivity index (χ4v) is 3.12. The number of anilines is 2. The van der Waals surface area contributed by atoms with Gasteiger partial charge < -0.3 is 9.80 Å². The van der Waals surface area contributed by atoms with Crippen LogP contribution < -0.4 is 9.80 Å². The van der Waals surface area contributed by atoms with Gasteiger partial charge in [0.2, 0.25) is 5.91 Å². The molecule has 0 atom stereocenters. The Morgan fingerprint density at radius 2 is 1.96 bits per heavy atom. The lowest BCUT2D eigenvalue weighted by Gasteiger charge is -2.34. The smallest absolute Gasteiger partial charge is 0.246 e. The Balaban J connectivity index is 1.47. The molecule has 132 valence electrons. The van der Waals surface area contributed by atoms with Crippen LogP contribution in [0.5, 0.6) is 0 Å². The van der Waals surface area contributed by atoms with E-state index < -0.39 is 0 Å². The van der Waals surface area contributed by atoms with Gasteiger partial charge in [0.1, 0.15) is 11.6 Å². The zero-order chi connectivity index (χ0) is 17.9. The molecule has 0 N–H and O–H groups in total. The summed E-state index contributed by atoms with van der Waals surface area (Å²) in [5.41, 5.74) is 2.01. The topological polar surface area (TPSA) is 67.2 Å². The molecule has 7 nitrogen and oxygen atoms in total. The van der Waals surface area contributed by atoms with Crippen molar-refractivity contribution in [1.82, 2.24) is 19.7 Å². The molecule has 1 aliphatic rings. The van der Waals surface area contributed by atoms with E-state index in [0.29, 0.717) is 19.5 Å². The first kappa shape index (κ1) is 16.3. The molecule has 1 aliphatic heterocycles. The Morgan fingerprint density at radius 3 is 2.69 bits per heavy atom. The summed E-state index contributed by atoms with van der Waals surface area (Å²) in [5.74, 6) is 1.61. The number of piperazine rings is 1. The highest BCUT2D eigenvalue weighted by atomic mass is 16.2. The number of rotatable bonds is 4. The van der Waals surface area contributed by atoms with Crippen molar-refractivity contribution in [3.63, 3.8) is 0 Å². The molecule has 0 bridgehead atoms. The molecule has 0 aliphatic carbocycles. The average Bonchev–Trinajstić information content (AvgIpc) is 3.09. The van der Waals surface area contributed by atoms with Gasteiger partial charge in [0, 0.05) is 39.0 Å². The van der Waals surface area contributed by atoms with Crippen LogP contribution in [0.25, 0.3) is 0 Å². The third-order valence-electron chi connectivity index (χ3n) is 4.44. The highest BCUT2D eigenvalue weighted by molar-refractivity contribution is 5.97. The Morgan fingerprint density at radius 1 is 1.12 bits per heavy atom. The summed E-state index contributed by atoms with van der Waals surface area (Å²) >= 11 is 0. The lowest BCUT2D eigenvalue weighted by molar-refractivity contribution is -0.117. The number of hydrogen-bond acceptors (Lipinski definition) is 5. The number of aromatic nitrogens is 4. The molecule has 0 saturated carbocycles. The fraction of sp³-hybridized carbons (Fsp3) is 0.263. The summed E-state index contributed by atoms with van der Waals surface area (Å²) in [6.07, 6.45) is 6.02. The normalized spacial score (nSPS) is 14.7. The summed E-state index contributed by atoms with van der Waals surface area (Å²) < 4.78 is 1.70. The molecule has 3 heterocycles. The van der Waals surface area contributed by atoms with E-state index in [1.165, 1.54) is 5.56 Å². The summed E-state index contributed by atoms with van der Waals surface area (Å²) in [4.78, 5) is 25.4. The second-order valence-corrected chi connectivity index (χ2v) is 6.33. The SMILES string of the molecule is Cn1cc(N2CCN(c3ccnc(Cc4ccccc4)n3)CC2=O)cn1. The van der Waals surface area contributed by atoms with E-state index in [9.17, 15) is 4.79 Å². The summed E-state index contributed by atoms with van der Waals surface area (Å²) in [6, 6.07) is 12.0. The molecular formula is C19H20N6O. The zero-order valence-corrected chi connectivity index (χ0v) is 14.6. The molecule has 4 rings (SSSR count). The van der Waals surface area contributed by atoms with Gasteiger partial charge in [0.15, 0.2) is 0 Å². The zero-order valence-electron chi connectivity index (χ0n) is 14.6. The van der Waals surface area contributed by atoms with Crippen LogP contribution in [0.1, 0.15) is 11.4 Å². The van der Waals surface area contributed by atoms with Gasteiger partial charge in [0.25, 0.3) is 0 Å². The highest BCUT2D eigenvalue weighted by Crippen LogP contribution is 2.19. The minimum absolute atomic E-state index is 0.0486. The van der Waals surface area contributed by atoms with Crippen LogP contribution in [0, 0.1) is 0 Å². The maximum absolute atomic E-state index is 12.6. The highest BCUT2D eigenvalue weighted by Gasteiger charge is 2.26. The van der Waals surface area contributed by atoms with Crippen LogP contribution in [0.2, 0.25) is 0 Å². The first-order chi connectivity index (χ1) is 12.7. The summed E-state index contributed by atoms with van der Waals surface area (Å²) in [7, 11) is 1.85. The second-order valence-electron chi connectivity index (χ2n) is 6.33. The van der Waals surface area contributed by atoms with E-state index in [-0.39, 0.29) is 5.91 Å². The van der Waals surface area contributed by atoms with Gasteiger partial charge in [-0.2, -0.15) is 5.10 Å². The van der Waals surface area contributed by atoms with Gasteiger partial charge in [-0.05, 0) is 11.6 Å². The standard InChI is InChI=1S/C19H20N6O/c1-23-13-16(12-21-23)25-10-9-24(14-19(25)26)18-7-8-20-17(22-18)11-15-5-3-2-4-6-15/h2-8,12-13H,9-11,14H2,1H3. The second kappa shape index (κ2) is 6.95. The first-order valence-corrected chi connectivity index (χ1v) is 8.59. The number of carbonyl (C=O) groups is 1. The van der Waals surface area contributed by atoms with E-state index >= 15 is 0 Å². The van der Waals surface area contributed by atoms with Crippen LogP contribution in [-0.2, 0) is 18.3 Å². The van der Waals surface area contributed by atoms with E-state index in [2.05, 4.69) is 27.2 Å². The Kier molecular flexibility index (Phi) is 4.35. The number of hydrogen-bond donors (Lipinski definition) is 0. The lowest BCUT2D eigenvalue weighted by Crippen LogP contribution is -2.50. The van der Waals surface area contributed by atoms with Gasteiger partial charge in [-0.15, -0.1) is 0 Å². The Bertz CT molecular complexity index is 907. The van der Waals surface area contributed by atoms with Crippen molar-refractivity contribution in [3.8, 4) is 0 Å². The predicted molar refractivity (Wildman–Crippen MR) is 99.1 cm³/mol. The molecule has 0 spiro atoms. The maximum atomic E-state index is 12.6. The quantitative estimate of drug-likeness (QED) is 0.717. The molecule has 1 amide bonds. The van der Waals surface area contributed by atoms with Gasteiger partial charge in [-0.25, -0.2) is 9.97 Å². The van der Waals surface area contributed by atoms with E-state index in [1.807, 2.05) is 42.4 Å².